The normalized spacial score (nSPS) is 18.4. The van der Waals surface area contributed by atoms with Gasteiger partial charge in [0.1, 0.15) is 5.60 Å². The van der Waals surface area contributed by atoms with E-state index in [9.17, 15) is 22.8 Å². The van der Waals surface area contributed by atoms with Crippen molar-refractivity contribution in [3.63, 3.8) is 0 Å². The van der Waals surface area contributed by atoms with Gasteiger partial charge in [-0.25, -0.2) is 4.79 Å². The number of hydrogen-bond acceptors (Lipinski definition) is 3. The molecular weight excluding hydrogens is 429 g/mol. The van der Waals surface area contributed by atoms with E-state index in [1.54, 1.807) is 27.7 Å². The molecular formula is C18H22BrF3N2O3. The predicted octanol–water partition coefficient (Wildman–Crippen LogP) is 4.55. The summed E-state index contributed by atoms with van der Waals surface area (Å²) in [5.41, 5.74) is -1.57. The topological polar surface area (TPSA) is 49.9 Å². The molecule has 0 radical (unpaired) electrons. The summed E-state index contributed by atoms with van der Waals surface area (Å²) >= 11 is 3.15. The molecule has 1 atom stereocenters. The van der Waals surface area contributed by atoms with Gasteiger partial charge in [-0.1, -0.05) is 0 Å². The van der Waals surface area contributed by atoms with Crippen molar-refractivity contribution in [2.75, 3.05) is 19.6 Å². The average Bonchev–Trinajstić information content (AvgIpc) is 2.51. The van der Waals surface area contributed by atoms with Gasteiger partial charge in [-0.2, -0.15) is 13.2 Å². The van der Waals surface area contributed by atoms with Crippen molar-refractivity contribution < 1.29 is 27.5 Å². The number of alkyl halides is 3. The highest BCUT2D eigenvalue weighted by molar-refractivity contribution is 9.10. The van der Waals surface area contributed by atoms with Gasteiger partial charge in [0, 0.05) is 30.1 Å². The number of carbonyl (C=O) groups is 2. The first kappa shape index (κ1) is 21.5. The van der Waals surface area contributed by atoms with Crippen molar-refractivity contribution in [1.82, 2.24) is 9.80 Å². The van der Waals surface area contributed by atoms with E-state index in [0.717, 1.165) is 12.1 Å². The minimum Gasteiger partial charge on any atom is -0.444 e. The molecule has 1 aliphatic heterocycles. The van der Waals surface area contributed by atoms with E-state index in [-0.39, 0.29) is 31.2 Å². The van der Waals surface area contributed by atoms with Crippen molar-refractivity contribution in [1.29, 1.82) is 0 Å². The molecule has 0 unspecified atom stereocenters. The van der Waals surface area contributed by atoms with Crippen LogP contribution in [0.1, 0.15) is 43.6 Å². The van der Waals surface area contributed by atoms with E-state index in [2.05, 4.69) is 15.9 Å². The Balaban J connectivity index is 2.13. The van der Waals surface area contributed by atoms with Gasteiger partial charge in [0.15, 0.2) is 0 Å². The molecule has 0 saturated carbocycles. The van der Waals surface area contributed by atoms with Crippen molar-refractivity contribution in [3.05, 3.63) is 33.8 Å². The van der Waals surface area contributed by atoms with Gasteiger partial charge < -0.3 is 14.5 Å². The number of benzene rings is 1. The van der Waals surface area contributed by atoms with Gasteiger partial charge in [-0.05, 0) is 61.8 Å². The molecule has 1 aliphatic rings. The molecule has 1 aromatic carbocycles. The average molecular weight is 451 g/mol. The molecule has 1 aromatic rings. The molecule has 0 bridgehead atoms. The zero-order valence-corrected chi connectivity index (χ0v) is 17.1. The van der Waals surface area contributed by atoms with Gasteiger partial charge in [-0.15, -0.1) is 0 Å². The lowest BCUT2D eigenvalue weighted by Crippen LogP contribution is -2.56. The van der Waals surface area contributed by atoms with Crippen LogP contribution in [-0.2, 0) is 10.9 Å². The van der Waals surface area contributed by atoms with Crippen LogP contribution < -0.4 is 0 Å². The van der Waals surface area contributed by atoms with E-state index in [4.69, 9.17) is 4.74 Å². The molecule has 150 valence electrons. The number of hydrogen-bond donors (Lipinski definition) is 0. The third-order valence-electron chi connectivity index (χ3n) is 4.07. The van der Waals surface area contributed by atoms with Gasteiger partial charge in [-0.3, -0.25) is 4.79 Å². The van der Waals surface area contributed by atoms with Crippen LogP contribution in [-0.4, -0.2) is 53.1 Å². The summed E-state index contributed by atoms with van der Waals surface area (Å²) in [6, 6.07) is 2.67. The molecule has 2 amide bonds. The zero-order chi connectivity index (χ0) is 20.6. The largest absolute Gasteiger partial charge is 0.444 e. The van der Waals surface area contributed by atoms with Gasteiger partial charge in [0.2, 0.25) is 0 Å². The second-order valence-corrected chi connectivity index (χ2v) is 8.32. The highest BCUT2D eigenvalue weighted by Gasteiger charge is 2.35. The van der Waals surface area contributed by atoms with Crippen molar-refractivity contribution in [2.24, 2.45) is 0 Å². The molecule has 1 heterocycles. The molecule has 0 aromatic heterocycles. The quantitative estimate of drug-likeness (QED) is 0.630. The van der Waals surface area contributed by atoms with E-state index >= 15 is 0 Å². The number of ether oxygens (including phenoxy) is 1. The zero-order valence-electron chi connectivity index (χ0n) is 15.6. The number of nitrogens with zero attached hydrogens (tertiary/aromatic N) is 2. The molecule has 0 N–H and O–H groups in total. The Hall–Kier alpha value is -1.77. The maximum absolute atomic E-state index is 12.9. The van der Waals surface area contributed by atoms with Crippen LogP contribution in [0.3, 0.4) is 0 Å². The fourth-order valence-electron chi connectivity index (χ4n) is 2.77. The Labute approximate surface area is 164 Å². The second kappa shape index (κ2) is 7.69. The first-order valence-corrected chi connectivity index (χ1v) is 9.24. The van der Waals surface area contributed by atoms with E-state index in [1.807, 2.05) is 0 Å². The third-order valence-corrected chi connectivity index (χ3v) is 4.76. The highest BCUT2D eigenvalue weighted by atomic mass is 79.9. The predicted molar refractivity (Wildman–Crippen MR) is 97.4 cm³/mol. The number of carbonyl (C=O) groups excluding carboxylic acids is 2. The second-order valence-electron chi connectivity index (χ2n) is 7.47. The number of halogens is 4. The van der Waals surface area contributed by atoms with Gasteiger partial charge in [0.05, 0.1) is 11.1 Å². The summed E-state index contributed by atoms with van der Waals surface area (Å²) in [5.74, 6) is -0.510. The first-order chi connectivity index (χ1) is 12.3. The molecule has 1 saturated heterocycles. The van der Waals surface area contributed by atoms with Crippen LogP contribution >= 0.6 is 15.9 Å². The monoisotopic (exact) mass is 450 g/mol. The van der Waals surface area contributed by atoms with Crippen LogP contribution in [0.2, 0.25) is 0 Å². The maximum Gasteiger partial charge on any atom is 0.416 e. The summed E-state index contributed by atoms with van der Waals surface area (Å²) in [6.07, 6.45) is -5.00. The van der Waals surface area contributed by atoms with Crippen molar-refractivity contribution >= 4 is 27.9 Å². The lowest BCUT2D eigenvalue weighted by atomic mass is 10.1. The lowest BCUT2D eigenvalue weighted by molar-refractivity contribution is -0.137. The van der Waals surface area contributed by atoms with Crippen LogP contribution in [0.4, 0.5) is 18.0 Å². The Kier molecular flexibility index (Phi) is 6.13. The van der Waals surface area contributed by atoms with Gasteiger partial charge in [0.25, 0.3) is 5.91 Å². The van der Waals surface area contributed by atoms with Crippen molar-refractivity contribution in [3.8, 4) is 0 Å². The Morgan fingerprint density at radius 3 is 2.33 bits per heavy atom. The number of piperazine rings is 1. The van der Waals surface area contributed by atoms with Crippen molar-refractivity contribution in [2.45, 2.75) is 45.5 Å². The van der Waals surface area contributed by atoms with Crippen LogP contribution in [0.25, 0.3) is 0 Å². The number of rotatable bonds is 1. The Bertz CT molecular complexity index is 732. The lowest BCUT2D eigenvalue weighted by Gasteiger charge is -2.40. The molecule has 9 heteroatoms. The molecule has 5 nitrogen and oxygen atoms in total. The molecule has 0 spiro atoms. The summed E-state index contributed by atoms with van der Waals surface area (Å²) < 4.78 is 44.5. The number of amides is 2. The molecule has 27 heavy (non-hydrogen) atoms. The summed E-state index contributed by atoms with van der Waals surface area (Å²) in [6.45, 7) is 7.73. The van der Waals surface area contributed by atoms with E-state index < -0.39 is 29.3 Å². The minimum absolute atomic E-state index is 0.0530. The standard InChI is InChI=1S/C18H22BrF3N2O3/c1-11-10-23(7-8-24(11)16(26)27-17(2,3)4)15(25)13-9-12(18(20,21)22)5-6-14(13)19/h5-6,9,11H,7-8,10H2,1-4H3/t11-/m0/s1. The fourth-order valence-corrected chi connectivity index (χ4v) is 3.19. The van der Waals surface area contributed by atoms with E-state index in [1.165, 1.54) is 15.9 Å². The Morgan fingerprint density at radius 1 is 1.19 bits per heavy atom. The van der Waals surface area contributed by atoms with Gasteiger partial charge >= 0.3 is 12.3 Å². The molecule has 0 aliphatic carbocycles. The van der Waals surface area contributed by atoms with Crippen LogP contribution in [0.15, 0.2) is 22.7 Å². The highest BCUT2D eigenvalue weighted by Crippen LogP contribution is 2.32. The summed E-state index contributed by atoms with van der Waals surface area (Å²) in [7, 11) is 0. The summed E-state index contributed by atoms with van der Waals surface area (Å²) in [4.78, 5) is 28.0. The smallest absolute Gasteiger partial charge is 0.416 e. The van der Waals surface area contributed by atoms with Crippen LogP contribution in [0.5, 0.6) is 0 Å². The first-order valence-electron chi connectivity index (χ1n) is 8.45. The maximum atomic E-state index is 12.9. The van der Waals surface area contributed by atoms with Crippen LogP contribution in [0, 0.1) is 0 Å². The SMILES string of the molecule is C[C@H]1CN(C(=O)c2cc(C(F)(F)F)ccc2Br)CCN1C(=O)OC(C)(C)C. The minimum atomic E-state index is -4.53. The van der Waals surface area contributed by atoms with E-state index in [0.29, 0.717) is 4.47 Å². The third kappa shape index (κ3) is 5.37. The molecule has 1 fully saturated rings. The fraction of sp³-hybridized carbons (Fsp3) is 0.556. The summed E-state index contributed by atoms with van der Waals surface area (Å²) in [5, 5.41) is 0. The Morgan fingerprint density at radius 2 is 1.81 bits per heavy atom. The molecule has 2 rings (SSSR count).